The zero-order valence-electron chi connectivity index (χ0n) is 11.5. The number of aromatic nitrogens is 3. The van der Waals surface area contributed by atoms with Gasteiger partial charge in [0.25, 0.3) is 0 Å². The summed E-state index contributed by atoms with van der Waals surface area (Å²) in [6.45, 7) is -2.97. The number of alkyl halides is 2. The minimum Gasteiger partial charge on any atom is -0.434 e. The lowest BCUT2D eigenvalue weighted by molar-refractivity contribution is -0.0493. The second-order valence-corrected chi connectivity index (χ2v) is 5.95. The minimum atomic E-state index is -2.97. The van der Waals surface area contributed by atoms with E-state index in [1.165, 1.54) is 6.33 Å². The van der Waals surface area contributed by atoms with Crippen molar-refractivity contribution in [2.75, 3.05) is 0 Å². The number of nitrogens with zero attached hydrogens (tertiary/aromatic N) is 3. The van der Waals surface area contributed by atoms with Gasteiger partial charge in [-0.3, -0.25) is 0 Å². The molecule has 118 valence electrons. The van der Waals surface area contributed by atoms with Gasteiger partial charge in [0.05, 0.1) is 5.52 Å². The number of hydrogen-bond acceptors (Lipinski definition) is 4. The molecule has 0 aliphatic carbocycles. The van der Waals surface area contributed by atoms with Crippen LogP contribution >= 0.6 is 27.5 Å². The first-order valence-corrected chi connectivity index (χ1v) is 7.68. The van der Waals surface area contributed by atoms with Crippen molar-refractivity contribution < 1.29 is 13.5 Å². The van der Waals surface area contributed by atoms with E-state index in [0.717, 1.165) is 4.47 Å². The molecule has 0 aliphatic rings. The fraction of sp³-hybridized carbons (Fsp3) is 0.133. The van der Waals surface area contributed by atoms with Crippen LogP contribution in [0.25, 0.3) is 10.9 Å². The summed E-state index contributed by atoms with van der Waals surface area (Å²) in [6, 6.07) is 5.10. The largest absolute Gasteiger partial charge is 0.434 e. The summed E-state index contributed by atoms with van der Waals surface area (Å²) in [5.74, 6) is 0.0140. The van der Waals surface area contributed by atoms with Gasteiger partial charge in [-0.2, -0.15) is 8.78 Å². The molecule has 0 fully saturated rings. The summed E-state index contributed by atoms with van der Waals surface area (Å²) in [5.41, 5.74) is 1.55. The van der Waals surface area contributed by atoms with Gasteiger partial charge in [0.2, 0.25) is 0 Å². The number of fused-ring (bicyclic) bond motifs is 1. The normalized spacial score (nSPS) is 11.2. The zero-order chi connectivity index (χ0) is 16.4. The fourth-order valence-corrected chi connectivity index (χ4v) is 2.82. The standard InChI is InChI=1S/C15H9BrClF2N3O/c16-9-1-2-12-10(4-9)13(23-15(18)19)11(14(17)22-12)3-8-5-20-7-21-6-8/h1-2,4-7,15H,3H2. The molecule has 0 radical (unpaired) electrons. The number of hydrogen-bond donors (Lipinski definition) is 0. The average molecular weight is 401 g/mol. The Morgan fingerprint density at radius 2 is 1.96 bits per heavy atom. The van der Waals surface area contributed by atoms with Crippen molar-refractivity contribution in [1.82, 2.24) is 15.0 Å². The Balaban J connectivity index is 2.19. The average Bonchev–Trinajstić information content (AvgIpc) is 2.52. The maximum absolute atomic E-state index is 12.9. The van der Waals surface area contributed by atoms with E-state index in [0.29, 0.717) is 22.0 Å². The van der Waals surface area contributed by atoms with Gasteiger partial charge in [0.1, 0.15) is 17.2 Å². The summed E-state index contributed by atoms with van der Waals surface area (Å²) in [6.07, 6.45) is 4.79. The van der Waals surface area contributed by atoms with Crippen molar-refractivity contribution in [1.29, 1.82) is 0 Å². The molecule has 8 heteroatoms. The van der Waals surface area contributed by atoms with Crippen LogP contribution in [0.1, 0.15) is 11.1 Å². The van der Waals surface area contributed by atoms with Crippen molar-refractivity contribution in [3.63, 3.8) is 0 Å². The van der Waals surface area contributed by atoms with Crippen LogP contribution < -0.4 is 4.74 Å². The van der Waals surface area contributed by atoms with Gasteiger partial charge in [-0.1, -0.05) is 27.5 Å². The van der Waals surface area contributed by atoms with Crippen LogP contribution in [0.3, 0.4) is 0 Å². The summed E-state index contributed by atoms with van der Waals surface area (Å²) in [4.78, 5) is 12.1. The zero-order valence-corrected chi connectivity index (χ0v) is 13.9. The van der Waals surface area contributed by atoms with Crippen LogP contribution in [-0.2, 0) is 6.42 Å². The van der Waals surface area contributed by atoms with Crippen molar-refractivity contribution in [3.05, 3.63) is 57.7 Å². The molecule has 0 spiro atoms. The molecule has 2 aromatic heterocycles. The third-order valence-electron chi connectivity index (χ3n) is 3.15. The molecular weight excluding hydrogens is 392 g/mol. The molecule has 1 aromatic carbocycles. The third kappa shape index (κ3) is 3.56. The Morgan fingerprint density at radius 1 is 1.22 bits per heavy atom. The van der Waals surface area contributed by atoms with Crippen LogP contribution in [0.5, 0.6) is 5.75 Å². The van der Waals surface area contributed by atoms with Crippen molar-refractivity contribution in [2.45, 2.75) is 13.0 Å². The Kier molecular flexibility index (Phi) is 4.68. The molecule has 0 atom stereocenters. The minimum absolute atomic E-state index is 0.0140. The molecule has 0 bridgehead atoms. The highest BCUT2D eigenvalue weighted by Gasteiger charge is 2.19. The molecule has 4 nitrogen and oxygen atoms in total. The molecule has 0 N–H and O–H groups in total. The Hall–Kier alpha value is -1.86. The summed E-state index contributed by atoms with van der Waals surface area (Å²) >= 11 is 9.51. The topological polar surface area (TPSA) is 47.9 Å². The molecule has 2 heterocycles. The van der Waals surface area contributed by atoms with E-state index in [1.807, 2.05) is 0 Å². The first-order valence-electron chi connectivity index (χ1n) is 6.51. The van der Waals surface area contributed by atoms with Crippen molar-refractivity contribution in [3.8, 4) is 5.75 Å². The number of halogens is 4. The summed E-state index contributed by atoms with van der Waals surface area (Å²) in [7, 11) is 0. The van der Waals surface area contributed by atoms with Crippen LogP contribution in [0.4, 0.5) is 8.78 Å². The van der Waals surface area contributed by atoms with Crippen LogP contribution in [0.15, 0.2) is 41.4 Å². The highest BCUT2D eigenvalue weighted by Crippen LogP contribution is 2.37. The van der Waals surface area contributed by atoms with Gasteiger partial charge in [0.15, 0.2) is 0 Å². The van der Waals surface area contributed by atoms with E-state index in [1.54, 1.807) is 30.6 Å². The van der Waals surface area contributed by atoms with Gasteiger partial charge in [-0.15, -0.1) is 0 Å². The monoisotopic (exact) mass is 399 g/mol. The predicted octanol–water partition coefficient (Wildman–Crippen LogP) is 4.63. The summed E-state index contributed by atoms with van der Waals surface area (Å²) < 4.78 is 31.2. The SMILES string of the molecule is FC(F)Oc1c(Cc2cncnc2)c(Cl)nc2ccc(Br)cc12. The first-order chi connectivity index (χ1) is 11.0. The second-order valence-electron chi connectivity index (χ2n) is 4.67. The number of ether oxygens (including phenoxy) is 1. The van der Waals surface area contributed by atoms with E-state index in [9.17, 15) is 8.78 Å². The van der Waals surface area contributed by atoms with Gasteiger partial charge in [-0.05, 0) is 23.8 Å². The second kappa shape index (κ2) is 6.72. The van der Waals surface area contributed by atoms with Gasteiger partial charge < -0.3 is 4.74 Å². The number of pyridine rings is 1. The first kappa shape index (κ1) is 16.0. The lowest BCUT2D eigenvalue weighted by Crippen LogP contribution is -2.07. The van der Waals surface area contributed by atoms with E-state index >= 15 is 0 Å². The molecule has 0 saturated carbocycles. The molecule has 23 heavy (non-hydrogen) atoms. The van der Waals surface area contributed by atoms with E-state index in [-0.39, 0.29) is 17.3 Å². The lowest BCUT2D eigenvalue weighted by atomic mass is 10.1. The molecule has 0 amide bonds. The van der Waals surface area contributed by atoms with Crippen LogP contribution in [-0.4, -0.2) is 21.6 Å². The molecule has 0 aliphatic heterocycles. The molecule has 0 unspecified atom stereocenters. The Bertz CT molecular complexity index is 849. The van der Waals surface area contributed by atoms with E-state index in [2.05, 4.69) is 30.9 Å². The quantitative estimate of drug-likeness (QED) is 0.599. The maximum atomic E-state index is 12.9. The maximum Gasteiger partial charge on any atom is 0.387 e. The molecule has 0 saturated heterocycles. The Morgan fingerprint density at radius 3 is 2.65 bits per heavy atom. The highest BCUT2D eigenvalue weighted by molar-refractivity contribution is 9.10. The van der Waals surface area contributed by atoms with E-state index < -0.39 is 6.61 Å². The van der Waals surface area contributed by atoms with Crippen molar-refractivity contribution >= 4 is 38.4 Å². The summed E-state index contributed by atoms with van der Waals surface area (Å²) in [5, 5.41) is 0.565. The Labute approximate surface area is 143 Å². The molecular formula is C15H9BrClF2N3O. The van der Waals surface area contributed by atoms with Gasteiger partial charge in [0, 0.05) is 34.2 Å². The third-order valence-corrected chi connectivity index (χ3v) is 3.95. The molecule has 3 rings (SSSR count). The lowest BCUT2D eigenvalue weighted by Gasteiger charge is -2.15. The number of rotatable bonds is 4. The van der Waals surface area contributed by atoms with Gasteiger partial charge >= 0.3 is 6.61 Å². The molecule has 3 aromatic rings. The highest BCUT2D eigenvalue weighted by atomic mass is 79.9. The van der Waals surface area contributed by atoms with Gasteiger partial charge in [-0.25, -0.2) is 15.0 Å². The van der Waals surface area contributed by atoms with Crippen molar-refractivity contribution in [2.24, 2.45) is 0 Å². The fourth-order valence-electron chi connectivity index (χ4n) is 2.22. The smallest absolute Gasteiger partial charge is 0.387 e. The number of benzene rings is 1. The van der Waals surface area contributed by atoms with Crippen LogP contribution in [0, 0.1) is 0 Å². The van der Waals surface area contributed by atoms with E-state index in [4.69, 9.17) is 16.3 Å². The van der Waals surface area contributed by atoms with Crippen LogP contribution in [0.2, 0.25) is 5.15 Å². The predicted molar refractivity (Wildman–Crippen MR) is 85.9 cm³/mol.